The minimum atomic E-state index is -0.427. The van der Waals surface area contributed by atoms with E-state index in [9.17, 15) is 9.59 Å². The molecule has 0 unspecified atom stereocenters. The molecule has 5 N–H and O–H groups in total. The van der Waals surface area contributed by atoms with E-state index in [1.54, 1.807) is 30.3 Å². The Hall–Kier alpha value is -2.57. The van der Waals surface area contributed by atoms with Crippen molar-refractivity contribution in [2.24, 2.45) is 5.73 Å². The number of hydrogen-bond acceptors (Lipinski definition) is 3. The minimum absolute atomic E-state index is 0.200. The molecule has 0 heterocycles. The van der Waals surface area contributed by atoms with Crippen molar-refractivity contribution in [2.75, 3.05) is 22.5 Å². The van der Waals surface area contributed by atoms with E-state index in [4.69, 9.17) is 17.3 Å². The Bertz CT molecular complexity index is 692. The van der Waals surface area contributed by atoms with Gasteiger partial charge in [0.2, 0.25) is 5.91 Å². The van der Waals surface area contributed by atoms with E-state index < -0.39 is 6.03 Å². The summed E-state index contributed by atoms with van der Waals surface area (Å²) in [5.41, 5.74) is 6.91. The lowest BCUT2D eigenvalue weighted by Crippen LogP contribution is -2.20. The zero-order valence-electron chi connectivity index (χ0n) is 12.3. The van der Waals surface area contributed by atoms with Gasteiger partial charge in [0.15, 0.2) is 0 Å². The topological polar surface area (TPSA) is 96.2 Å². The maximum absolute atomic E-state index is 12.0. The predicted molar refractivity (Wildman–Crippen MR) is 92.8 cm³/mol. The third kappa shape index (κ3) is 5.28. The Morgan fingerprint density at radius 3 is 2.39 bits per heavy atom. The lowest BCUT2D eigenvalue weighted by molar-refractivity contribution is -0.116. The van der Waals surface area contributed by atoms with Crippen LogP contribution in [0.15, 0.2) is 48.5 Å². The molecule has 0 atom stereocenters. The summed E-state index contributed by atoms with van der Waals surface area (Å²) < 4.78 is 0. The molecular formula is C16H17ClN4O2. The van der Waals surface area contributed by atoms with Gasteiger partial charge in [-0.3, -0.25) is 4.79 Å². The molecule has 7 heteroatoms. The van der Waals surface area contributed by atoms with Crippen molar-refractivity contribution in [3.8, 4) is 0 Å². The van der Waals surface area contributed by atoms with Gasteiger partial charge in [0.1, 0.15) is 0 Å². The fourth-order valence-corrected chi connectivity index (χ4v) is 2.02. The number of nitrogens with one attached hydrogen (secondary N) is 3. The molecule has 0 saturated heterocycles. The van der Waals surface area contributed by atoms with Gasteiger partial charge in [-0.05, 0) is 30.3 Å². The lowest BCUT2D eigenvalue weighted by Gasteiger charge is -2.11. The Balaban J connectivity index is 2.03. The number of anilines is 3. The van der Waals surface area contributed by atoms with Crippen molar-refractivity contribution in [3.05, 3.63) is 53.6 Å². The molecule has 0 bridgehead atoms. The maximum Gasteiger partial charge on any atom is 0.323 e. The fraction of sp³-hybridized carbons (Fsp3) is 0.125. The predicted octanol–water partition coefficient (Wildman–Crippen LogP) is 3.27. The molecule has 0 aliphatic rings. The summed E-state index contributed by atoms with van der Waals surface area (Å²) in [6.07, 6.45) is 0.222. The summed E-state index contributed by atoms with van der Waals surface area (Å²) >= 11 is 6.07. The number of carbonyl (C=O) groups is 2. The molecule has 0 radical (unpaired) electrons. The summed E-state index contributed by atoms with van der Waals surface area (Å²) in [6, 6.07) is 13.4. The molecule has 120 valence electrons. The zero-order valence-corrected chi connectivity index (χ0v) is 13.1. The summed E-state index contributed by atoms with van der Waals surface area (Å²) in [5.74, 6) is -0.200. The average molecular weight is 333 g/mol. The number of urea groups is 1. The van der Waals surface area contributed by atoms with Crippen LogP contribution in [0.25, 0.3) is 0 Å². The van der Waals surface area contributed by atoms with Crippen LogP contribution in [0.5, 0.6) is 0 Å². The molecule has 2 aromatic carbocycles. The lowest BCUT2D eigenvalue weighted by atomic mass is 10.2. The highest BCUT2D eigenvalue weighted by molar-refractivity contribution is 6.34. The van der Waals surface area contributed by atoms with E-state index in [-0.39, 0.29) is 18.9 Å². The van der Waals surface area contributed by atoms with Gasteiger partial charge in [-0.1, -0.05) is 29.8 Å². The molecular weight excluding hydrogens is 316 g/mol. The van der Waals surface area contributed by atoms with Gasteiger partial charge in [0.25, 0.3) is 0 Å². The maximum atomic E-state index is 12.0. The van der Waals surface area contributed by atoms with E-state index in [1.165, 1.54) is 0 Å². The van der Waals surface area contributed by atoms with Gasteiger partial charge in [-0.25, -0.2) is 4.79 Å². The second-order valence-corrected chi connectivity index (χ2v) is 5.13. The molecule has 6 nitrogen and oxygen atoms in total. The van der Waals surface area contributed by atoms with Crippen LogP contribution in [-0.2, 0) is 4.79 Å². The summed E-state index contributed by atoms with van der Waals surface area (Å²) in [6.45, 7) is 0.268. The van der Waals surface area contributed by atoms with E-state index in [0.717, 1.165) is 0 Å². The van der Waals surface area contributed by atoms with Crippen molar-refractivity contribution in [1.29, 1.82) is 0 Å². The highest BCUT2D eigenvalue weighted by Gasteiger charge is 2.08. The number of carbonyl (C=O) groups excluding carboxylic acids is 2. The summed E-state index contributed by atoms with van der Waals surface area (Å²) in [4.78, 5) is 23.5. The van der Waals surface area contributed by atoms with E-state index in [2.05, 4.69) is 16.0 Å². The van der Waals surface area contributed by atoms with E-state index in [1.807, 2.05) is 18.2 Å². The van der Waals surface area contributed by atoms with Gasteiger partial charge in [0.05, 0.1) is 10.7 Å². The van der Waals surface area contributed by atoms with E-state index >= 15 is 0 Å². The van der Waals surface area contributed by atoms with Crippen LogP contribution in [0.4, 0.5) is 21.9 Å². The average Bonchev–Trinajstić information content (AvgIpc) is 2.52. The minimum Gasteiger partial charge on any atom is -0.330 e. The zero-order chi connectivity index (χ0) is 16.7. The molecule has 0 aliphatic heterocycles. The Kier molecular flexibility index (Phi) is 5.96. The first-order chi connectivity index (χ1) is 11.1. The van der Waals surface area contributed by atoms with Crippen molar-refractivity contribution in [3.63, 3.8) is 0 Å². The molecule has 0 aliphatic carbocycles. The molecule has 0 spiro atoms. The van der Waals surface area contributed by atoms with Crippen LogP contribution in [0.1, 0.15) is 6.42 Å². The summed E-state index contributed by atoms with van der Waals surface area (Å²) in [5, 5.41) is 8.38. The standard InChI is InChI=1S/C16H17ClN4O2/c17-13-7-6-12(19-15(22)8-9-18)10-14(13)21-16(23)20-11-4-2-1-3-5-11/h1-7,10H,8-9,18H2,(H,19,22)(H2,20,21,23). The fourth-order valence-electron chi connectivity index (χ4n) is 1.86. The largest absolute Gasteiger partial charge is 0.330 e. The second kappa shape index (κ2) is 8.17. The normalized spacial score (nSPS) is 10.0. The van der Waals surface area contributed by atoms with Crippen molar-refractivity contribution in [2.45, 2.75) is 6.42 Å². The van der Waals surface area contributed by atoms with Crippen molar-refractivity contribution in [1.82, 2.24) is 0 Å². The smallest absolute Gasteiger partial charge is 0.323 e. The number of halogens is 1. The molecule has 3 amide bonds. The number of amides is 3. The first kappa shape index (κ1) is 16.8. The number of rotatable bonds is 5. The van der Waals surface area contributed by atoms with Gasteiger partial charge in [-0.2, -0.15) is 0 Å². The monoisotopic (exact) mass is 332 g/mol. The van der Waals surface area contributed by atoms with Crippen LogP contribution in [-0.4, -0.2) is 18.5 Å². The van der Waals surface area contributed by atoms with Gasteiger partial charge >= 0.3 is 6.03 Å². The van der Waals surface area contributed by atoms with Crippen molar-refractivity contribution < 1.29 is 9.59 Å². The number of para-hydroxylation sites is 1. The van der Waals surface area contributed by atoms with Crippen LogP contribution < -0.4 is 21.7 Å². The van der Waals surface area contributed by atoms with Gasteiger partial charge < -0.3 is 21.7 Å². The van der Waals surface area contributed by atoms with E-state index in [0.29, 0.717) is 22.1 Å². The Morgan fingerprint density at radius 2 is 1.70 bits per heavy atom. The molecule has 0 saturated carbocycles. The van der Waals surface area contributed by atoms with Crippen LogP contribution in [0.2, 0.25) is 5.02 Å². The highest BCUT2D eigenvalue weighted by atomic mass is 35.5. The Morgan fingerprint density at radius 1 is 0.957 bits per heavy atom. The quantitative estimate of drug-likeness (QED) is 0.676. The van der Waals surface area contributed by atoms with Gasteiger partial charge in [0, 0.05) is 24.3 Å². The van der Waals surface area contributed by atoms with Gasteiger partial charge in [-0.15, -0.1) is 0 Å². The Labute approximate surface area is 139 Å². The first-order valence-electron chi connectivity index (χ1n) is 7.01. The van der Waals surface area contributed by atoms with Crippen LogP contribution in [0.3, 0.4) is 0 Å². The number of benzene rings is 2. The highest BCUT2D eigenvalue weighted by Crippen LogP contribution is 2.25. The molecule has 23 heavy (non-hydrogen) atoms. The number of nitrogens with two attached hydrogens (primary N) is 1. The first-order valence-corrected chi connectivity index (χ1v) is 7.39. The second-order valence-electron chi connectivity index (χ2n) is 4.73. The van der Waals surface area contributed by atoms with Crippen molar-refractivity contribution >= 4 is 40.6 Å². The molecule has 2 aromatic rings. The third-order valence-corrected chi connectivity index (χ3v) is 3.23. The van der Waals surface area contributed by atoms with Crippen LogP contribution >= 0.6 is 11.6 Å². The molecule has 0 fully saturated rings. The third-order valence-electron chi connectivity index (χ3n) is 2.90. The van der Waals surface area contributed by atoms with Crippen LogP contribution in [0, 0.1) is 0 Å². The number of hydrogen-bond donors (Lipinski definition) is 4. The molecule has 2 rings (SSSR count). The summed E-state index contributed by atoms with van der Waals surface area (Å²) in [7, 11) is 0. The molecule has 0 aromatic heterocycles. The SMILES string of the molecule is NCCC(=O)Nc1ccc(Cl)c(NC(=O)Nc2ccccc2)c1.